The zero-order valence-electron chi connectivity index (χ0n) is 17.6. The van der Waals surface area contributed by atoms with Crippen molar-refractivity contribution in [3.63, 3.8) is 0 Å². The lowest BCUT2D eigenvalue weighted by Crippen LogP contribution is -2.22. The van der Waals surface area contributed by atoms with Gasteiger partial charge in [-0.1, -0.05) is 50.5 Å². The van der Waals surface area contributed by atoms with Gasteiger partial charge in [0.15, 0.2) is 5.75 Å². The van der Waals surface area contributed by atoms with Crippen molar-refractivity contribution in [2.75, 3.05) is 18.0 Å². The van der Waals surface area contributed by atoms with E-state index in [2.05, 4.69) is 6.92 Å². The first kappa shape index (κ1) is 22.5. The summed E-state index contributed by atoms with van der Waals surface area (Å²) in [6.45, 7) is 7.46. The summed E-state index contributed by atoms with van der Waals surface area (Å²) in [5.74, 6) is -1.70. The Morgan fingerprint density at radius 2 is 1.52 bits per heavy atom. The summed E-state index contributed by atoms with van der Waals surface area (Å²) in [5, 5.41) is 10.5. The van der Waals surface area contributed by atoms with Crippen LogP contribution in [0.15, 0.2) is 42.5 Å². The highest BCUT2D eigenvalue weighted by Crippen LogP contribution is 2.31. The minimum absolute atomic E-state index is 0.0109. The average molecular weight is 398 g/mol. The van der Waals surface area contributed by atoms with Crippen LogP contribution in [0.5, 0.6) is 5.75 Å². The van der Waals surface area contributed by atoms with Crippen LogP contribution in [0.2, 0.25) is 0 Å². The normalized spacial score (nSPS) is 10.6. The highest BCUT2D eigenvalue weighted by atomic mass is 16.6. The monoisotopic (exact) mass is 397 g/mol. The molecule has 0 spiro atoms. The number of hydrogen-bond acceptors (Lipinski definition) is 5. The number of phenols is 1. The number of anilines is 1. The van der Waals surface area contributed by atoms with Crippen LogP contribution in [-0.4, -0.2) is 30.1 Å². The van der Waals surface area contributed by atoms with Gasteiger partial charge in [0.05, 0.1) is 11.3 Å². The summed E-state index contributed by atoms with van der Waals surface area (Å²) in [5.41, 5.74) is 1.82. The first-order valence-corrected chi connectivity index (χ1v) is 10.4. The number of carbonyl (C=O) groups is 2. The maximum atomic E-state index is 12.6. The number of carbonyl (C=O) groups excluding carboxylic acids is 2. The van der Waals surface area contributed by atoms with Crippen LogP contribution in [0.3, 0.4) is 0 Å². The molecule has 0 radical (unpaired) electrons. The van der Waals surface area contributed by atoms with E-state index < -0.39 is 11.9 Å². The minimum Gasteiger partial charge on any atom is -0.505 e. The average Bonchev–Trinajstić information content (AvgIpc) is 2.73. The van der Waals surface area contributed by atoms with E-state index in [0.29, 0.717) is 24.3 Å². The molecule has 0 unspecified atom stereocenters. The summed E-state index contributed by atoms with van der Waals surface area (Å²) in [6.07, 6.45) is 5.16. The SMILES string of the molecule is CCCCCCc1ccccc1C(=O)OC(=O)c1cccc(N(CC)CC)c1O. The van der Waals surface area contributed by atoms with E-state index in [4.69, 9.17) is 4.74 Å². The van der Waals surface area contributed by atoms with Gasteiger partial charge in [0.25, 0.3) is 0 Å². The largest absolute Gasteiger partial charge is 0.505 e. The second kappa shape index (κ2) is 11.2. The van der Waals surface area contributed by atoms with E-state index in [9.17, 15) is 14.7 Å². The highest BCUT2D eigenvalue weighted by molar-refractivity contribution is 6.05. The molecule has 0 aliphatic rings. The quantitative estimate of drug-likeness (QED) is 0.332. The van der Waals surface area contributed by atoms with Gasteiger partial charge in [-0.05, 0) is 50.5 Å². The standard InChI is InChI=1S/C24H31NO4/c1-4-7-8-9-13-18-14-10-11-15-19(18)23(27)29-24(28)20-16-12-17-21(22(20)26)25(5-2)6-3/h10-12,14-17,26H,4-9,13H2,1-3H3. The van der Waals surface area contributed by atoms with Crippen molar-refractivity contribution in [1.82, 2.24) is 0 Å². The molecule has 0 aliphatic heterocycles. The fourth-order valence-corrected chi connectivity index (χ4v) is 3.39. The molecule has 0 saturated heterocycles. The lowest BCUT2D eigenvalue weighted by Gasteiger charge is -2.22. The van der Waals surface area contributed by atoms with Gasteiger partial charge in [0.2, 0.25) is 0 Å². The van der Waals surface area contributed by atoms with Crippen LogP contribution in [0, 0.1) is 0 Å². The van der Waals surface area contributed by atoms with Crippen molar-refractivity contribution in [2.45, 2.75) is 52.9 Å². The van der Waals surface area contributed by atoms with Gasteiger partial charge in [-0.25, -0.2) is 9.59 Å². The van der Waals surface area contributed by atoms with E-state index in [1.807, 2.05) is 30.9 Å². The summed E-state index contributed by atoms with van der Waals surface area (Å²) < 4.78 is 5.12. The number of aryl methyl sites for hydroxylation is 1. The highest BCUT2D eigenvalue weighted by Gasteiger charge is 2.22. The fraction of sp³-hybridized carbons (Fsp3) is 0.417. The van der Waals surface area contributed by atoms with Crippen LogP contribution in [-0.2, 0) is 11.2 Å². The molecule has 2 aromatic rings. The molecule has 5 nitrogen and oxygen atoms in total. The number of aromatic hydroxyl groups is 1. The number of esters is 2. The van der Waals surface area contributed by atoms with Crippen LogP contribution in [0.4, 0.5) is 5.69 Å². The molecule has 0 aliphatic carbocycles. The maximum absolute atomic E-state index is 12.6. The molecule has 0 fully saturated rings. The Hall–Kier alpha value is -2.82. The van der Waals surface area contributed by atoms with Crippen molar-refractivity contribution in [3.8, 4) is 5.75 Å². The molecular weight excluding hydrogens is 366 g/mol. The molecule has 0 atom stereocenters. The Morgan fingerprint density at radius 3 is 2.21 bits per heavy atom. The molecule has 0 amide bonds. The Bertz CT molecular complexity index is 827. The van der Waals surface area contributed by atoms with E-state index in [1.165, 1.54) is 6.07 Å². The van der Waals surface area contributed by atoms with Gasteiger partial charge < -0.3 is 14.7 Å². The van der Waals surface area contributed by atoms with Crippen LogP contribution in [0.25, 0.3) is 0 Å². The molecule has 5 heteroatoms. The predicted octanol–water partition coefficient (Wildman–Crippen LogP) is 5.36. The molecule has 156 valence electrons. The number of rotatable bonds is 10. The van der Waals surface area contributed by atoms with Crippen molar-refractivity contribution in [3.05, 3.63) is 59.2 Å². The summed E-state index contributed by atoms with van der Waals surface area (Å²) in [4.78, 5) is 27.2. The van der Waals surface area contributed by atoms with Crippen LogP contribution in [0.1, 0.15) is 72.7 Å². The van der Waals surface area contributed by atoms with Crippen molar-refractivity contribution in [1.29, 1.82) is 0 Å². The van der Waals surface area contributed by atoms with Gasteiger partial charge in [0, 0.05) is 13.1 Å². The summed E-state index contributed by atoms with van der Waals surface area (Å²) in [6, 6.07) is 12.1. The Kier molecular flexibility index (Phi) is 8.71. The zero-order valence-corrected chi connectivity index (χ0v) is 17.6. The van der Waals surface area contributed by atoms with E-state index in [0.717, 1.165) is 37.7 Å². The maximum Gasteiger partial charge on any atom is 0.349 e. The molecule has 0 heterocycles. The molecule has 0 bridgehead atoms. The molecule has 1 N–H and O–H groups in total. The fourth-order valence-electron chi connectivity index (χ4n) is 3.39. The van der Waals surface area contributed by atoms with Gasteiger partial charge in [-0.15, -0.1) is 0 Å². The van der Waals surface area contributed by atoms with E-state index >= 15 is 0 Å². The molecule has 0 saturated carbocycles. The van der Waals surface area contributed by atoms with Gasteiger partial charge >= 0.3 is 11.9 Å². The van der Waals surface area contributed by atoms with Crippen molar-refractivity contribution in [2.24, 2.45) is 0 Å². The first-order chi connectivity index (χ1) is 14.0. The minimum atomic E-state index is -0.845. The van der Waals surface area contributed by atoms with Gasteiger partial charge in [-0.3, -0.25) is 0 Å². The van der Waals surface area contributed by atoms with E-state index in [-0.39, 0.29) is 11.3 Å². The number of nitrogens with zero attached hydrogens (tertiary/aromatic N) is 1. The third kappa shape index (κ3) is 5.83. The van der Waals surface area contributed by atoms with Gasteiger partial charge in [-0.2, -0.15) is 0 Å². The molecule has 2 aromatic carbocycles. The number of ether oxygens (including phenoxy) is 1. The summed E-state index contributed by atoms with van der Waals surface area (Å²) >= 11 is 0. The number of hydrogen-bond donors (Lipinski definition) is 1. The lowest BCUT2D eigenvalue weighted by atomic mass is 10.0. The number of phenolic OH excluding ortho intramolecular Hbond substituents is 1. The Labute approximate surface area is 173 Å². The first-order valence-electron chi connectivity index (χ1n) is 10.4. The second-order valence-electron chi connectivity index (χ2n) is 6.99. The van der Waals surface area contributed by atoms with E-state index in [1.54, 1.807) is 24.3 Å². The zero-order chi connectivity index (χ0) is 21.2. The third-order valence-corrected chi connectivity index (χ3v) is 5.06. The number of benzene rings is 2. The van der Waals surface area contributed by atoms with Crippen molar-refractivity contribution >= 4 is 17.6 Å². The Morgan fingerprint density at radius 1 is 0.862 bits per heavy atom. The lowest BCUT2D eigenvalue weighted by molar-refractivity contribution is 0.0395. The van der Waals surface area contributed by atoms with Crippen LogP contribution < -0.4 is 4.90 Å². The van der Waals surface area contributed by atoms with Crippen LogP contribution >= 0.6 is 0 Å². The topological polar surface area (TPSA) is 66.8 Å². The molecular formula is C24H31NO4. The number of unbranched alkanes of at least 4 members (excludes halogenated alkanes) is 3. The smallest absolute Gasteiger partial charge is 0.349 e. The number of para-hydroxylation sites is 1. The molecule has 2 rings (SSSR count). The van der Waals surface area contributed by atoms with Gasteiger partial charge in [0.1, 0.15) is 5.56 Å². The third-order valence-electron chi connectivity index (χ3n) is 5.06. The Balaban J connectivity index is 2.16. The molecule has 29 heavy (non-hydrogen) atoms. The molecule has 0 aromatic heterocycles. The van der Waals surface area contributed by atoms with Crippen molar-refractivity contribution < 1.29 is 19.4 Å². The summed E-state index contributed by atoms with van der Waals surface area (Å²) in [7, 11) is 0. The second-order valence-corrected chi connectivity index (χ2v) is 6.99. The predicted molar refractivity (Wildman–Crippen MR) is 116 cm³/mol.